The van der Waals surface area contributed by atoms with Gasteiger partial charge in [-0.3, -0.25) is 9.36 Å². The lowest BCUT2D eigenvalue weighted by Crippen LogP contribution is -2.24. The molecule has 0 aliphatic heterocycles. The molecule has 3 rings (SSSR count). The Hall–Kier alpha value is -2.40. The summed E-state index contributed by atoms with van der Waals surface area (Å²) in [5.41, 5.74) is 0.625. The van der Waals surface area contributed by atoms with E-state index in [1.165, 1.54) is 0 Å². The summed E-state index contributed by atoms with van der Waals surface area (Å²) in [6, 6.07) is 10.9. The van der Waals surface area contributed by atoms with Gasteiger partial charge in [-0.15, -0.1) is 0 Å². The van der Waals surface area contributed by atoms with E-state index in [4.69, 9.17) is 9.15 Å². The van der Waals surface area contributed by atoms with Gasteiger partial charge in [-0.2, -0.15) is 0 Å². The van der Waals surface area contributed by atoms with Crippen molar-refractivity contribution in [2.45, 2.75) is 13.0 Å². The number of furan rings is 1. The van der Waals surface area contributed by atoms with Crippen LogP contribution in [0.2, 0.25) is 0 Å². The van der Waals surface area contributed by atoms with Gasteiger partial charge in [0, 0.05) is 20.3 Å². The predicted molar refractivity (Wildman–Crippen MR) is 80.2 cm³/mol. The Bertz CT molecular complexity index is 791. The lowest BCUT2D eigenvalue weighted by Gasteiger charge is -2.11. The highest BCUT2D eigenvalue weighted by molar-refractivity contribution is 5.79. The van der Waals surface area contributed by atoms with Crippen molar-refractivity contribution in [3.8, 4) is 11.6 Å². The van der Waals surface area contributed by atoms with Crippen molar-refractivity contribution in [3.05, 3.63) is 53.0 Å². The SMILES string of the molecule is COCCCn1c(-c2ccco2)nc2ccccc2c1=O. The molecule has 108 valence electrons. The molecule has 0 fully saturated rings. The Kier molecular flexibility index (Phi) is 3.83. The van der Waals surface area contributed by atoms with Gasteiger partial charge >= 0.3 is 0 Å². The number of aromatic nitrogens is 2. The molecule has 1 aromatic carbocycles. The predicted octanol–water partition coefficient (Wildman–Crippen LogP) is 2.69. The number of ether oxygens (including phenoxy) is 1. The van der Waals surface area contributed by atoms with Crippen molar-refractivity contribution in [1.82, 2.24) is 9.55 Å². The fraction of sp³-hybridized carbons (Fsp3) is 0.250. The Morgan fingerprint density at radius 1 is 1.24 bits per heavy atom. The maximum absolute atomic E-state index is 12.7. The molecule has 2 heterocycles. The summed E-state index contributed by atoms with van der Waals surface area (Å²) in [5.74, 6) is 1.15. The first-order chi connectivity index (χ1) is 10.3. The van der Waals surface area contributed by atoms with Crippen LogP contribution in [0.5, 0.6) is 0 Å². The molecular weight excluding hydrogens is 268 g/mol. The molecule has 0 saturated heterocycles. The number of fused-ring (bicyclic) bond motifs is 1. The summed E-state index contributed by atoms with van der Waals surface area (Å²) in [5, 5.41) is 0.616. The fourth-order valence-electron chi connectivity index (χ4n) is 2.34. The molecule has 5 nitrogen and oxygen atoms in total. The van der Waals surface area contributed by atoms with Gasteiger partial charge < -0.3 is 9.15 Å². The zero-order chi connectivity index (χ0) is 14.7. The summed E-state index contributed by atoms with van der Waals surface area (Å²) in [6.45, 7) is 1.14. The van der Waals surface area contributed by atoms with Crippen LogP contribution in [0.25, 0.3) is 22.5 Å². The summed E-state index contributed by atoms with van der Waals surface area (Å²) in [4.78, 5) is 17.3. The number of nitrogens with zero attached hydrogens (tertiary/aromatic N) is 2. The molecule has 0 spiro atoms. The fourth-order valence-corrected chi connectivity index (χ4v) is 2.34. The number of hydrogen-bond donors (Lipinski definition) is 0. The van der Waals surface area contributed by atoms with Crippen LogP contribution in [0.1, 0.15) is 6.42 Å². The van der Waals surface area contributed by atoms with Gasteiger partial charge in [0.15, 0.2) is 11.6 Å². The van der Waals surface area contributed by atoms with Gasteiger partial charge in [0.25, 0.3) is 5.56 Å². The van der Waals surface area contributed by atoms with Gasteiger partial charge in [-0.1, -0.05) is 12.1 Å². The van der Waals surface area contributed by atoms with Crippen LogP contribution in [-0.4, -0.2) is 23.3 Å². The Labute approximate surface area is 121 Å². The van der Waals surface area contributed by atoms with Crippen LogP contribution >= 0.6 is 0 Å². The minimum Gasteiger partial charge on any atom is -0.461 e. The molecule has 0 N–H and O–H groups in total. The third kappa shape index (κ3) is 2.60. The zero-order valence-electron chi connectivity index (χ0n) is 11.8. The average Bonchev–Trinajstić information content (AvgIpc) is 3.04. The lowest BCUT2D eigenvalue weighted by atomic mass is 10.2. The highest BCUT2D eigenvalue weighted by Crippen LogP contribution is 2.19. The van der Waals surface area contributed by atoms with E-state index in [0.717, 1.165) is 6.42 Å². The van der Waals surface area contributed by atoms with E-state index >= 15 is 0 Å². The largest absolute Gasteiger partial charge is 0.461 e. The van der Waals surface area contributed by atoms with Crippen LogP contribution in [-0.2, 0) is 11.3 Å². The van der Waals surface area contributed by atoms with E-state index in [1.54, 1.807) is 30.1 Å². The molecular formula is C16H16N2O3. The second-order valence-corrected chi connectivity index (χ2v) is 4.73. The maximum atomic E-state index is 12.7. The van der Waals surface area contributed by atoms with E-state index in [-0.39, 0.29) is 5.56 Å². The van der Waals surface area contributed by atoms with Crippen molar-refractivity contribution < 1.29 is 9.15 Å². The molecule has 0 saturated carbocycles. The maximum Gasteiger partial charge on any atom is 0.261 e. The van der Waals surface area contributed by atoms with Gasteiger partial charge in [-0.25, -0.2) is 4.98 Å². The molecule has 0 amide bonds. The Morgan fingerprint density at radius 3 is 2.86 bits per heavy atom. The van der Waals surface area contributed by atoms with E-state index in [9.17, 15) is 4.79 Å². The first-order valence-electron chi connectivity index (χ1n) is 6.83. The summed E-state index contributed by atoms with van der Waals surface area (Å²) < 4.78 is 12.1. The molecule has 0 aliphatic carbocycles. The van der Waals surface area contributed by atoms with Crippen molar-refractivity contribution in [2.75, 3.05) is 13.7 Å². The van der Waals surface area contributed by atoms with Crippen molar-refractivity contribution in [3.63, 3.8) is 0 Å². The molecule has 0 unspecified atom stereocenters. The smallest absolute Gasteiger partial charge is 0.261 e. The lowest BCUT2D eigenvalue weighted by molar-refractivity contribution is 0.190. The molecule has 0 aliphatic rings. The second-order valence-electron chi connectivity index (χ2n) is 4.73. The first-order valence-corrected chi connectivity index (χ1v) is 6.83. The van der Waals surface area contributed by atoms with Gasteiger partial charge in [-0.05, 0) is 30.7 Å². The summed E-state index contributed by atoms with van der Waals surface area (Å²) in [6.07, 6.45) is 2.32. The monoisotopic (exact) mass is 284 g/mol. The van der Waals surface area contributed by atoms with E-state index in [2.05, 4.69) is 4.98 Å². The van der Waals surface area contributed by atoms with Crippen molar-refractivity contribution in [2.24, 2.45) is 0 Å². The van der Waals surface area contributed by atoms with Crippen LogP contribution in [0.3, 0.4) is 0 Å². The highest BCUT2D eigenvalue weighted by atomic mass is 16.5. The van der Waals surface area contributed by atoms with Gasteiger partial charge in [0.1, 0.15) is 0 Å². The summed E-state index contributed by atoms with van der Waals surface area (Å²) >= 11 is 0. The number of methoxy groups -OCH3 is 1. The van der Waals surface area contributed by atoms with Crippen LogP contribution in [0, 0.1) is 0 Å². The molecule has 2 aromatic heterocycles. The molecule has 3 aromatic rings. The van der Waals surface area contributed by atoms with E-state index in [0.29, 0.717) is 35.6 Å². The Balaban J connectivity index is 2.18. The number of hydrogen-bond acceptors (Lipinski definition) is 4. The molecule has 0 radical (unpaired) electrons. The Morgan fingerprint density at radius 2 is 2.10 bits per heavy atom. The standard InChI is InChI=1S/C16H16N2O3/c1-20-10-5-9-18-15(14-8-4-11-21-14)17-13-7-3-2-6-12(13)16(18)19/h2-4,6-8,11H,5,9-10H2,1H3. The van der Waals surface area contributed by atoms with Gasteiger partial charge in [0.05, 0.1) is 17.2 Å². The normalized spacial score (nSPS) is 11.1. The van der Waals surface area contributed by atoms with Crippen LogP contribution in [0.15, 0.2) is 51.9 Å². The quantitative estimate of drug-likeness (QED) is 0.676. The van der Waals surface area contributed by atoms with Crippen LogP contribution in [0.4, 0.5) is 0 Å². The third-order valence-corrected chi connectivity index (χ3v) is 3.33. The molecule has 0 atom stereocenters. The molecule has 21 heavy (non-hydrogen) atoms. The van der Waals surface area contributed by atoms with Crippen LogP contribution < -0.4 is 5.56 Å². The minimum atomic E-state index is -0.0527. The topological polar surface area (TPSA) is 57.3 Å². The second kappa shape index (κ2) is 5.93. The van der Waals surface area contributed by atoms with E-state index < -0.39 is 0 Å². The highest BCUT2D eigenvalue weighted by Gasteiger charge is 2.14. The average molecular weight is 284 g/mol. The summed E-state index contributed by atoms with van der Waals surface area (Å²) in [7, 11) is 1.65. The number of rotatable bonds is 5. The molecule has 0 bridgehead atoms. The number of para-hydroxylation sites is 1. The van der Waals surface area contributed by atoms with Crippen molar-refractivity contribution >= 4 is 10.9 Å². The molecule has 5 heteroatoms. The van der Waals surface area contributed by atoms with E-state index in [1.807, 2.05) is 24.3 Å². The zero-order valence-corrected chi connectivity index (χ0v) is 11.8. The minimum absolute atomic E-state index is 0.0527. The number of benzene rings is 1. The van der Waals surface area contributed by atoms with Crippen molar-refractivity contribution in [1.29, 1.82) is 0 Å². The first kappa shape index (κ1) is 13.6. The van der Waals surface area contributed by atoms with Gasteiger partial charge in [0.2, 0.25) is 0 Å². The third-order valence-electron chi connectivity index (χ3n) is 3.33.